The van der Waals surface area contributed by atoms with Gasteiger partial charge in [0.15, 0.2) is 6.61 Å². The van der Waals surface area contributed by atoms with E-state index in [1.807, 2.05) is 0 Å². The quantitative estimate of drug-likeness (QED) is 0.829. The maximum absolute atomic E-state index is 12.5. The summed E-state index contributed by atoms with van der Waals surface area (Å²) in [6.45, 7) is -1.24. The number of pyridine rings is 1. The van der Waals surface area contributed by atoms with Gasteiger partial charge in [-0.3, -0.25) is 9.59 Å². The topological polar surface area (TPSA) is 89.0 Å². The Morgan fingerprint density at radius 2 is 2.12 bits per heavy atom. The zero-order valence-electron chi connectivity index (χ0n) is 13.3. The molecule has 25 heavy (non-hydrogen) atoms. The lowest BCUT2D eigenvalue weighted by molar-refractivity contribution is -0.154. The molecule has 1 saturated heterocycles. The van der Waals surface area contributed by atoms with Crippen LogP contribution in [0.4, 0.5) is 13.2 Å². The number of alkyl halides is 3. The van der Waals surface area contributed by atoms with Crippen molar-refractivity contribution in [2.75, 3.05) is 20.3 Å². The molecule has 1 fully saturated rings. The van der Waals surface area contributed by atoms with Gasteiger partial charge in [0.1, 0.15) is 0 Å². The predicted molar refractivity (Wildman–Crippen MR) is 78.3 cm³/mol. The Morgan fingerprint density at radius 3 is 2.64 bits per heavy atom. The van der Waals surface area contributed by atoms with E-state index in [0.717, 1.165) is 12.3 Å². The molecule has 0 aromatic carbocycles. The number of likely N-dealkylation sites (tertiary alicyclic amines) is 1. The van der Waals surface area contributed by atoms with Gasteiger partial charge in [0, 0.05) is 32.0 Å². The molecule has 1 amide bonds. The van der Waals surface area contributed by atoms with Crippen LogP contribution >= 0.6 is 0 Å². The van der Waals surface area contributed by atoms with Crippen molar-refractivity contribution >= 4 is 11.9 Å². The van der Waals surface area contributed by atoms with Crippen molar-refractivity contribution in [3.05, 3.63) is 23.9 Å². The molecular weight excluding hydrogens is 345 g/mol. The Labute approximate surface area is 141 Å². The average molecular weight is 362 g/mol. The Kier molecular flexibility index (Phi) is 5.83. The molecule has 1 aromatic heterocycles. The highest BCUT2D eigenvalue weighted by Gasteiger charge is 2.37. The molecule has 0 bridgehead atoms. The Balaban J connectivity index is 2.06. The highest BCUT2D eigenvalue weighted by atomic mass is 19.4. The molecule has 0 radical (unpaired) electrons. The van der Waals surface area contributed by atoms with E-state index < -0.39 is 30.7 Å². The zero-order chi connectivity index (χ0) is 18.6. The van der Waals surface area contributed by atoms with Gasteiger partial charge < -0.3 is 19.5 Å². The molecule has 2 rings (SSSR count). The van der Waals surface area contributed by atoms with E-state index in [1.165, 1.54) is 18.1 Å². The minimum absolute atomic E-state index is 0.131. The Hall–Kier alpha value is -2.36. The summed E-state index contributed by atoms with van der Waals surface area (Å²) in [5.74, 6) is -1.75. The van der Waals surface area contributed by atoms with Crippen LogP contribution in [0, 0.1) is 0 Å². The summed E-state index contributed by atoms with van der Waals surface area (Å²) in [4.78, 5) is 28.6. The van der Waals surface area contributed by atoms with Crippen LogP contribution in [-0.4, -0.2) is 65.5 Å². The van der Waals surface area contributed by atoms with Crippen LogP contribution in [0.5, 0.6) is 5.88 Å². The minimum atomic E-state index is -4.48. The second kappa shape index (κ2) is 7.68. The number of halogens is 3. The fourth-order valence-electron chi connectivity index (χ4n) is 2.60. The lowest BCUT2D eigenvalue weighted by Gasteiger charge is -2.23. The number of aliphatic carboxylic acids is 1. The van der Waals surface area contributed by atoms with E-state index in [-0.39, 0.29) is 30.5 Å². The number of carbonyl (C=O) groups excluding carboxylic acids is 1. The second-order valence-corrected chi connectivity index (χ2v) is 5.59. The molecule has 0 spiro atoms. The van der Waals surface area contributed by atoms with Crippen LogP contribution in [-0.2, 0) is 9.53 Å². The van der Waals surface area contributed by atoms with Gasteiger partial charge in [-0.05, 0) is 12.5 Å². The normalized spacial score (nSPS) is 20.6. The number of rotatable bonds is 6. The first-order valence-electron chi connectivity index (χ1n) is 7.40. The van der Waals surface area contributed by atoms with Gasteiger partial charge in [0.05, 0.1) is 18.1 Å². The van der Waals surface area contributed by atoms with Crippen molar-refractivity contribution in [3.63, 3.8) is 0 Å². The zero-order valence-corrected chi connectivity index (χ0v) is 13.3. The third-order valence-corrected chi connectivity index (χ3v) is 3.75. The average Bonchev–Trinajstić information content (AvgIpc) is 2.94. The third-order valence-electron chi connectivity index (χ3n) is 3.75. The monoisotopic (exact) mass is 362 g/mol. The van der Waals surface area contributed by atoms with Crippen molar-refractivity contribution in [2.24, 2.45) is 0 Å². The number of aromatic nitrogens is 1. The molecule has 7 nitrogen and oxygen atoms in total. The van der Waals surface area contributed by atoms with Crippen LogP contribution in [0.25, 0.3) is 0 Å². The van der Waals surface area contributed by atoms with E-state index in [2.05, 4.69) is 9.72 Å². The first kappa shape index (κ1) is 19.0. The molecule has 2 heterocycles. The van der Waals surface area contributed by atoms with Gasteiger partial charge in [-0.25, -0.2) is 4.98 Å². The largest absolute Gasteiger partial charge is 0.481 e. The Bertz CT molecular complexity index is 621. The number of carboxylic acid groups (broad SMARTS) is 1. The van der Waals surface area contributed by atoms with Crippen molar-refractivity contribution < 1.29 is 37.3 Å². The molecule has 1 N–H and O–H groups in total. The summed E-state index contributed by atoms with van der Waals surface area (Å²) < 4.78 is 46.0. The van der Waals surface area contributed by atoms with Crippen molar-refractivity contribution in [1.29, 1.82) is 0 Å². The van der Waals surface area contributed by atoms with Gasteiger partial charge in [0.25, 0.3) is 5.91 Å². The van der Waals surface area contributed by atoms with E-state index in [9.17, 15) is 22.8 Å². The van der Waals surface area contributed by atoms with E-state index >= 15 is 0 Å². The fraction of sp³-hybridized carbons (Fsp3) is 0.533. The van der Waals surface area contributed by atoms with Crippen LogP contribution in [0.15, 0.2) is 18.3 Å². The molecule has 1 aromatic rings. The minimum Gasteiger partial charge on any atom is -0.481 e. The van der Waals surface area contributed by atoms with Crippen LogP contribution < -0.4 is 4.74 Å². The summed E-state index contributed by atoms with van der Waals surface area (Å²) >= 11 is 0. The van der Waals surface area contributed by atoms with Gasteiger partial charge in [-0.2, -0.15) is 13.2 Å². The molecular formula is C15H17F3N2O5. The van der Waals surface area contributed by atoms with E-state index in [1.54, 1.807) is 0 Å². The molecule has 0 aliphatic carbocycles. The van der Waals surface area contributed by atoms with Gasteiger partial charge in [0.2, 0.25) is 5.88 Å². The molecule has 2 atom stereocenters. The SMILES string of the molecule is COC1CC(CC(=O)O)N(C(=O)c2ccc(OCC(F)(F)F)nc2)C1. The molecule has 1 aliphatic rings. The third kappa shape index (κ3) is 5.31. The highest BCUT2D eigenvalue weighted by molar-refractivity contribution is 5.94. The van der Waals surface area contributed by atoms with Crippen LogP contribution in [0.3, 0.4) is 0 Å². The number of carboxylic acids is 1. The number of hydrogen-bond acceptors (Lipinski definition) is 5. The summed E-state index contributed by atoms with van der Waals surface area (Å²) in [6.07, 6.45) is -3.46. The molecule has 0 saturated carbocycles. The lowest BCUT2D eigenvalue weighted by atomic mass is 10.1. The second-order valence-electron chi connectivity index (χ2n) is 5.59. The first-order chi connectivity index (χ1) is 11.7. The summed E-state index contributed by atoms with van der Waals surface area (Å²) in [6, 6.07) is 1.93. The summed E-state index contributed by atoms with van der Waals surface area (Å²) in [5, 5.41) is 8.96. The van der Waals surface area contributed by atoms with Gasteiger partial charge >= 0.3 is 12.1 Å². The van der Waals surface area contributed by atoms with Gasteiger partial charge in [-0.15, -0.1) is 0 Å². The number of ether oxygens (including phenoxy) is 2. The number of amides is 1. The van der Waals surface area contributed by atoms with Gasteiger partial charge in [-0.1, -0.05) is 0 Å². The van der Waals surface area contributed by atoms with Crippen molar-refractivity contribution in [1.82, 2.24) is 9.88 Å². The molecule has 1 aliphatic heterocycles. The maximum Gasteiger partial charge on any atom is 0.422 e. The Morgan fingerprint density at radius 1 is 1.40 bits per heavy atom. The number of carbonyl (C=O) groups is 2. The lowest BCUT2D eigenvalue weighted by Crippen LogP contribution is -2.37. The first-order valence-corrected chi connectivity index (χ1v) is 7.40. The smallest absolute Gasteiger partial charge is 0.422 e. The molecule has 10 heteroatoms. The predicted octanol–water partition coefficient (Wildman–Crippen LogP) is 1.73. The van der Waals surface area contributed by atoms with E-state index in [0.29, 0.717) is 6.42 Å². The number of methoxy groups -OCH3 is 1. The number of hydrogen-bond donors (Lipinski definition) is 1. The maximum atomic E-state index is 12.5. The van der Waals surface area contributed by atoms with Crippen molar-refractivity contribution in [2.45, 2.75) is 31.2 Å². The standard InChI is InChI=1S/C15H17F3N2O5/c1-24-11-4-10(5-13(21)22)20(7-11)14(23)9-2-3-12(19-6-9)25-8-15(16,17)18/h2-3,6,10-11H,4-5,7-8H2,1H3,(H,21,22). The summed E-state index contributed by atoms with van der Waals surface area (Å²) in [5.41, 5.74) is 0.131. The fourth-order valence-corrected chi connectivity index (χ4v) is 2.60. The number of nitrogens with zero attached hydrogens (tertiary/aromatic N) is 2. The van der Waals surface area contributed by atoms with Crippen LogP contribution in [0.2, 0.25) is 0 Å². The highest BCUT2D eigenvalue weighted by Crippen LogP contribution is 2.25. The van der Waals surface area contributed by atoms with Crippen LogP contribution in [0.1, 0.15) is 23.2 Å². The summed E-state index contributed by atoms with van der Waals surface area (Å²) in [7, 11) is 1.48. The van der Waals surface area contributed by atoms with E-state index in [4.69, 9.17) is 9.84 Å². The molecule has 138 valence electrons. The molecule has 2 unspecified atom stereocenters. The van der Waals surface area contributed by atoms with Crippen molar-refractivity contribution in [3.8, 4) is 5.88 Å².